The number of esters is 1. The van der Waals surface area contributed by atoms with Crippen LogP contribution in [0.2, 0.25) is 0 Å². The number of carbonyl (C=O) groups is 1. The highest BCUT2D eigenvalue weighted by Crippen LogP contribution is 2.34. The molecule has 0 bridgehead atoms. The van der Waals surface area contributed by atoms with E-state index in [2.05, 4.69) is 18.9 Å². The molecule has 0 amide bonds. The Labute approximate surface area is 115 Å². The van der Waals surface area contributed by atoms with Crippen molar-refractivity contribution in [3.63, 3.8) is 0 Å². The topological polar surface area (TPSA) is 64.8 Å². The molecule has 0 spiro atoms. The Bertz CT molecular complexity index is 337. The zero-order valence-electron chi connectivity index (χ0n) is 12.2. The summed E-state index contributed by atoms with van der Waals surface area (Å²) in [6, 6.07) is 0.790. The highest BCUT2D eigenvalue weighted by atomic mass is 16.5. The maximum absolute atomic E-state index is 11.9. The molecule has 4 unspecified atom stereocenters. The molecular formula is C14H26N2O3. The molecule has 0 radical (unpaired) electrons. The Hall–Kier alpha value is -0.650. The summed E-state index contributed by atoms with van der Waals surface area (Å²) in [5.41, 5.74) is 5.42. The van der Waals surface area contributed by atoms with E-state index in [0.29, 0.717) is 31.5 Å². The first-order chi connectivity index (χ1) is 8.98. The van der Waals surface area contributed by atoms with Gasteiger partial charge in [-0.3, -0.25) is 9.69 Å². The van der Waals surface area contributed by atoms with E-state index < -0.39 is 5.54 Å². The molecule has 2 N–H and O–H groups in total. The molecule has 1 heterocycles. The number of rotatable bonds is 4. The Morgan fingerprint density at radius 2 is 2.26 bits per heavy atom. The summed E-state index contributed by atoms with van der Waals surface area (Å²) in [4.78, 5) is 14.3. The van der Waals surface area contributed by atoms with E-state index in [4.69, 9.17) is 15.2 Å². The van der Waals surface area contributed by atoms with E-state index in [9.17, 15) is 4.79 Å². The lowest BCUT2D eigenvalue weighted by Crippen LogP contribution is -2.49. The van der Waals surface area contributed by atoms with Crippen molar-refractivity contribution >= 4 is 5.97 Å². The minimum atomic E-state index is -0.794. The van der Waals surface area contributed by atoms with Crippen LogP contribution in [0.3, 0.4) is 0 Å². The van der Waals surface area contributed by atoms with Gasteiger partial charge in [0.1, 0.15) is 5.54 Å². The van der Waals surface area contributed by atoms with Gasteiger partial charge in [-0.05, 0) is 46.6 Å². The van der Waals surface area contributed by atoms with Crippen LogP contribution in [0.4, 0.5) is 0 Å². The molecule has 1 saturated carbocycles. The second-order valence-corrected chi connectivity index (χ2v) is 5.87. The fourth-order valence-corrected chi connectivity index (χ4v) is 3.38. The molecule has 1 aliphatic carbocycles. The van der Waals surface area contributed by atoms with Crippen LogP contribution in [0.1, 0.15) is 39.5 Å². The monoisotopic (exact) mass is 270 g/mol. The van der Waals surface area contributed by atoms with Crippen molar-refractivity contribution in [2.75, 3.05) is 20.3 Å². The predicted molar refractivity (Wildman–Crippen MR) is 72.8 cm³/mol. The van der Waals surface area contributed by atoms with Crippen LogP contribution >= 0.6 is 0 Å². The van der Waals surface area contributed by atoms with Gasteiger partial charge in [-0.15, -0.1) is 0 Å². The molecule has 0 aromatic carbocycles. The zero-order chi connectivity index (χ0) is 14.0. The van der Waals surface area contributed by atoms with Gasteiger partial charge in [-0.1, -0.05) is 0 Å². The van der Waals surface area contributed by atoms with Crippen LogP contribution in [0.5, 0.6) is 0 Å². The molecular weight excluding hydrogens is 244 g/mol. The Morgan fingerprint density at radius 3 is 2.84 bits per heavy atom. The van der Waals surface area contributed by atoms with E-state index in [-0.39, 0.29) is 12.1 Å². The molecule has 4 atom stereocenters. The van der Waals surface area contributed by atoms with Crippen molar-refractivity contribution in [2.24, 2.45) is 5.73 Å². The average molecular weight is 270 g/mol. The molecule has 2 rings (SSSR count). The summed E-state index contributed by atoms with van der Waals surface area (Å²) < 4.78 is 10.7. The fourth-order valence-electron chi connectivity index (χ4n) is 3.38. The third-order valence-electron chi connectivity index (χ3n) is 4.64. The number of ether oxygens (including phenoxy) is 2. The zero-order valence-corrected chi connectivity index (χ0v) is 12.2. The van der Waals surface area contributed by atoms with Gasteiger partial charge in [0.05, 0.1) is 12.7 Å². The van der Waals surface area contributed by atoms with Crippen molar-refractivity contribution in [1.82, 2.24) is 4.90 Å². The van der Waals surface area contributed by atoms with Crippen LogP contribution in [0, 0.1) is 0 Å². The molecule has 19 heavy (non-hydrogen) atoms. The standard InChI is InChI=1S/C14H26N2O3/c1-4-18-13(17)14(15)7-5-11(9-14)16(3)12-6-8-19-10(12)2/h10-12H,4-9,15H2,1-3H3. The lowest BCUT2D eigenvalue weighted by atomic mass is 9.98. The molecule has 0 aromatic heterocycles. The first-order valence-corrected chi connectivity index (χ1v) is 7.27. The van der Waals surface area contributed by atoms with Gasteiger partial charge in [0.2, 0.25) is 0 Å². The largest absolute Gasteiger partial charge is 0.465 e. The minimum absolute atomic E-state index is 0.248. The SMILES string of the molecule is CCOC(=O)C1(N)CCC(N(C)C2CCOC2C)C1. The Kier molecular flexibility index (Phi) is 4.48. The van der Waals surface area contributed by atoms with Crippen LogP contribution in [0.25, 0.3) is 0 Å². The number of likely N-dealkylation sites (N-methyl/N-ethyl adjacent to an activating group) is 1. The third kappa shape index (κ3) is 2.93. The number of hydrogen-bond donors (Lipinski definition) is 1. The number of carbonyl (C=O) groups excluding carboxylic acids is 1. The van der Waals surface area contributed by atoms with Crippen LogP contribution in [-0.2, 0) is 14.3 Å². The second-order valence-electron chi connectivity index (χ2n) is 5.87. The summed E-state index contributed by atoms with van der Waals surface area (Å²) in [6.07, 6.45) is 3.68. The van der Waals surface area contributed by atoms with E-state index in [0.717, 1.165) is 19.4 Å². The van der Waals surface area contributed by atoms with Gasteiger partial charge in [0, 0.05) is 18.7 Å². The quantitative estimate of drug-likeness (QED) is 0.769. The summed E-state index contributed by atoms with van der Waals surface area (Å²) in [6.45, 7) is 5.15. The van der Waals surface area contributed by atoms with E-state index in [1.54, 1.807) is 0 Å². The second kappa shape index (κ2) is 5.77. The van der Waals surface area contributed by atoms with Crippen molar-refractivity contribution in [1.29, 1.82) is 0 Å². The van der Waals surface area contributed by atoms with Gasteiger partial charge in [0.25, 0.3) is 0 Å². The van der Waals surface area contributed by atoms with Crippen LogP contribution in [-0.4, -0.2) is 54.9 Å². The normalized spacial score (nSPS) is 38.9. The molecule has 2 fully saturated rings. The van der Waals surface area contributed by atoms with Gasteiger partial charge in [-0.2, -0.15) is 0 Å². The van der Waals surface area contributed by atoms with E-state index in [1.165, 1.54) is 0 Å². The number of nitrogens with two attached hydrogens (primary N) is 1. The molecule has 5 nitrogen and oxygen atoms in total. The maximum atomic E-state index is 11.9. The van der Waals surface area contributed by atoms with Crippen molar-refractivity contribution in [3.8, 4) is 0 Å². The first-order valence-electron chi connectivity index (χ1n) is 7.27. The van der Waals surface area contributed by atoms with Gasteiger partial charge >= 0.3 is 5.97 Å². The molecule has 0 aromatic rings. The van der Waals surface area contributed by atoms with E-state index in [1.807, 2.05) is 6.92 Å². The maximum Gasteiger partial charge on any atom is 0.326 e. The molecule has 1 saturated heterocycles. The molecule has 110 valence electrons. The smallest absolute Gasteiger partial charge is 0.326 e. The Balaban J connectivity index is 1.95. The van der Waals surface area contributed by atoms with E-state index >= 15 is 0 Å². The lowest BCUT2D eigenvalue weighted by molar-refractivity contribution is -0.149. The van der Waals surface area contributed by atoms with Crippen LogP contribution < -0.4 is 5.73 Å². The molecule has 2 aliphatic rings. The summed E-state index contributed by atoms with van der Waals surface area (Å²) in [5, 5.41) is 0. The third-order valence-corrected chi connectivity index (χ3v) is 4.64. The summed E-state index contributed by atoms with van der Waals surface area (Å²) in [5.74, 6) is -0.248. The molecule has 1 aliphatic heterocycles. The van der Waals surface area contributed by atoms with Gasteiger partial charge in [-0.25, -0.2) is 0 Å². The lowest BCUT2D eigenvalue weighted by Gasteiger charge is -2.33. The van der Waals surface area contributed by atoms with Crippen LogP contribution in [0.15, 0.2) is 0 Å². The van der Waals surface area contributed by atoms with Crippen molar-refractivity contribution in [2.45, 2.75) is 63.3 Å². The number of nitrogens with zero attached hydrogens (tertiary/aromatic N) is 1. The highest BCUT2D eigenvalue weighted by Gasteiger charge is 2.46. The summed E-state index contributed by atoms with van der Waals surface area (Å²) >= 11 is 0. The first kappa shape index (κ1) is 14.8. The van der Waals surface area contributed by atoms with Gasteiger partial charge < -0.3 is 15.2 Å². The van der Waals surface area contributed by atoms with Crippen molar-refractivity contribution < 1.29 is 14.3 Å². The Morgan fingerprint density at radius 1 is 1.53 bits per heavy atom. The molecule has 5 heteroatoms. The average Bonchev–Trinajstić information content (AvgIpc) is 2.96. The number of hydrogen-bond acceptors (Lipinski definition) is 5. The van der Waals surface area contributed by atoms with Crippen molar-refractivity contribution in [3.05, 3.63) is 0 Å². The fraction of sp³-hybridized carbons (Fsp3) is 0.929. The highest BCUT2D eigenvalue weighted by molar-refractivity contribution is 5.81. The predicted octanol–water partition coefficient (Wildman–Crippen LogP) is 0.909. The minimum Gasteiger partial charge on any atom is -0.465 e. The summed E-state index contributed by atoms with van der Waals surface area (Å²) in [7, 11) is 2.12. The van der Waals surface area contributed by atoms with Gasteiger partial charge in [0.15, 0.2) is 0 Å².